The summed E-state index contributed by atoms with van der Waals surface area (Å²) >= 11 is 0. The highest BCUT2D eigenvalue weighted by Gasteiger charge is 2.61. The van der Waals surface area contributed by atoms with Gasteiger partial charge in [-0.3, -0.25) is 4.79 Å². The third-order valence-electron chi connectivity index (χ3n) is 5.63. The molecular formula is C19H23N3O2. The van der Waals surface area contributed by atoms with Crippen molar-refractivity contribution >= 4 is 5.91 Å². The zero-order valence-corrected chi connectivity index (χ0v) is 14.3. The predicted molar refractivity (Wildman–Crippen MR) is 91.1 cm³/mol. The lowest BCUT2D eigenvalue weighted by Gasteiger charge is -2.57. The van der Waals surface area contributed by atoms with Gasteiger partial charge < -0.3 is 9.64 Å². The number of carbonyl (C=O) groups excluding carboxylic acids is 1. The quantitative estimate of drug-likeness (QED) is 0.872. The lowest BCUT2D eigenvalue weighted by Crippen LogP contribution is -2.66. The Kier molecular flexibility index (Phi) is 3.49. The summed E-state index contributed by atoms with van der Waals surface area (Å²) in [6, 6.07) is 10.0. The van der Waals surface area contributed by atoms with Crippen molar-refractivity contribution in [1.29, 1.82) is 0 Å². The van der Waals surface area contributed by atoms with E-state index in [-0.39, 0.29) is 23.5 Å². The van der Waals surface area contributed by atoms with E-state index in [1.54, 1.807) is 10.9 Å². The van der Waals surface area contributed by atoms with Crippen LogP contribution in [0, 0.1) is 11.3 Å². The second-order valence-electron chi connectivity index (χ2n) is 7.44. The highest BCUT2D eigenvalue weighted by Crippen LogP contribution is 2.54. The molecule has 1 aromatic heterocycles. The fourth-order valence-electron chi connectivity index (χ4n) is 4.57. The molecule has 0 bridgehead atoms. The SMILES string of the molecule is CN(C(=O)c1cnn(-c2ccccc2)c1)C1C2CCOC2C1(C)C. The maximum absolute atomic E-state index is 12.9. The minimum Gasteiger partial charge on any atom is -0.377 e. The topological polar surface area (TPSA) is 47.4 Å². The van der Waals surface area contributed by atoms with Crippen molar-refractivity contribution in [3.8, 4) is 5.69 Å². The highest BCUT2D eigenvalue weighted by atomic mass is 16.5. The van der Waals surface area contributed by atoms with Crippen molar-refractivity contribution in [3.05, 3.63) is 48.3 Å². The van der Waals surface area contributed by atoms with E-state index in [1.807, 2.05) is 48.5 Å². The van der Waals surface area contributed by atoms with Crippen LogP contribution in [-0.2, 0) is 4.74 Å². The van der Waals surface area contributed by atoms with Crippen LogP contribution in [0.1, 0.15) is 30.6 Å². The number of para-hydroxylation sites is 1. The van der Waals surface area contributed by atoms with Gasteiger partial charge in [-0.05, 0) is 18.6 Å². The highest BCUT2D eigenvalue weighted by molar-refractivity contribution is 5.94. The van der Waals surface area contributed by atoms with Gasteiger partial charge in [0.15, 0.2) is 0 Å². The Hall–Kier alpha value is -2.14. The van der Waals surface area contributed by atoms with Gasteiger partial charge in [-0.2, -0.15) is 5.10 Å². The smallest absolute Gasteiger partial charge is 0.257 e. The maximum Gasteiger partial charge on any atom is 0.257 e. The number of ether oxygens (including phenoxy) is 1. The number of nitrogens with zero attached hydrogens (tertiary/aromatic N) is 3. The third kappa shape index (κ3) is 2.18. The van der Waals surface area contributed by atoms with Crippen molar-refractivity contribution in [1.82, 2.24) is 14.7 Å². The molecule has 24 heavy (non-hydrogen) atoms. The molecule has 0 radical (unpaired) electrons. The molecule has 2 fully saturated rings. The Morgan fingerprint density at radius 2 is 2.08 bits per heavy atom. The number of aromatic nitrogens is 2. The average molecular weight is 325 g/mol. The van der Waals surface area contributed by atoms with Gasteiger partial charge >= 0.3 is 0 Å². The summed E-state index contributed by atoms with van der Waals surface area (Å²) < 4.78 is 7.59. The summed E-state index contributed by atoms with van der Waals surface area (Å²) in [6.07, 6.45) is 4.78. The summed E-state index contributed by atoms with van der Waals surface area (Å²) in [6.45, 7) is 5.20. The van der Waals surface area contributed by atoms with Crippen molar-refractivity contribution in [2.45, 2.75) is 32.4 Å². The number of rotatable bonds is 3. The van der Waals surface area contributed by atoms with Crippen LogP contribution in [0.3, 0.4) is 0 Å². The Morgan fingerprint density at radius 1 is 1.33 bits per heavy atom. The van der Waals surface area contributed by atoms with Gasteiger partial charge in [-0.1, -0.05) is 32.0 Å². The van der Waals surface area contributed by atoms with Crippen LogP contribution in [0.4, 0.5) is 0 Å². The number of hydrogen-bond donors (Lipinski definition) is 0. The van der Waals surface area contributed by atoms with Gasteiger partial charge in [-0.15, -0.1) is 0 Å². The van der Waals surface area contributed by atoms with E-state index in [0.29, 0.717) is 11.5 Å². The second kappa shape index (κ2) is 5.45. The number of carbonyl (C=O) groups is 1. The molecule has 126 valence electrons. The monoisotopic (exact) mass is 325 g/mol. The van der Waals surface area contributed by atoms with Crippen molar-refractivity contribution in [2.24, 2.45) is 11.3 Å². The first kappa shape index (κ1) is 15.4. The van der Waals surface area contributed by atoms with Gasteiger partial charge in [0.25, 0.3) is 5.91 Å². The van der Waals surface area contributed by atoms with Gasteiger partial charge in [0, 0.05) is 37.2 Å². The van der Waals surface area contributed by atoms with Crippen LogP contribution in [0.25, 0.3) is 5.69 Å². The first-order valence-electron chi connectivity index (χ1n) is 8.49. The van der Waals surface area contributed by atoms with Gasteiger partial charge in [0.1, 0.15) is 0 Å². The van der Waals surface area contributed by atoms with Crippen LogP contribution in [0.2, 0.25) is 0 Å². The summed E-state index contributed by atoms with van der Waals surface area (Å²) in [5.41, 5.74) is 1.58. The van der Waals surface area contributed by atoms with E-state index in [1.165, 1.54) is 0 Å². The summed E-state index contributed by atoms with van der Waals surface area (Å²) in [5.74, 6) is 0.485. The van der Waals surface area contributed by atoms with E-state index in [9.17, 15) is 4.79 Å². The van der Waals surface area contributed by atoms with Crippen LogP contribution < -0.4 is 0 Å². The molecular weight excluding hydrogens is 302 g/mol. The molecule has 5 nitrogen and oxygen atoms in total. The minimum absolute atomic E-state index is 0.000993. The molecule has 1 saturated heterocycles. The summed E-state index contributed by atoms with van der Waals surface area (Å²) in [5, 5.41) is 4.34. The molecule has 1 amide bonds. The first-order valence-corrected chi connectivity index (χ1v) is 8.49. The Balaban J connectivity index is 1.55. The minimum atomic E-state index is 0.000993. The second-order valence-corrected chi connectivity index (χ2v) is 7.44. The molecule has 5 heteroatoms. The van der Waals surface area contributed by atoms with Crippen molar-refractivity contribution in [3.63, 3.8) is 0 Å². The van der Waals surface area contributed by atoms with E-state index in [4.69, 9.17) is 4.74 Å². The average Bonchev–Trinajstić information content (AvgIpc) is 3.23. The molecule has 4 rings (SSSR count). The van der Waals surface area contributed by atoms with Crippen LogP contribution in [0.15, 0.2) is 42.7 Å². The van der Waals surface area contributed by atoms with Gasteiger partial charge in [-0.25, -0.2) is 4.68 Å². The predicted octanol–water partition coefficient (Wildman–Crippen LogP) is 2.76. The van der Waals surface area contributed by atoms with Crippen molar-refractivity contribution < 1.29 is 9.53 Å². The molecule has 2 aliphatic rings. The van der Waals surface area contributed by atoms with Crippen LogP contribution >= 0.6 is 0 Å². The number of amides is 1. The summed E-state index contributed by atoms with van der Waals surface area (Å²) in [7, 11) is 1.91. The molecule has 3 unspecified atom stereocenters. The lowest BCUT2D eigenvalue weighted by atomic mass is 9.56. The van der Waals surface area contributed by atoms with E-state index in [0.717, 1.165) is 18.7 Å². The van der Waals surface area contributed by atoms with Crippen LogP contribution in [-0.4, -0.2) is 46.4 Å². The third-order valence-corrected chi connectivity index (χ3v) is 5.63. The van der Waals surface area contributed by atoms with Gasteiger partial charge in [0.05, 0.1) is 23.6 Å². The zero-order chi connectivity index (χ0) is 16.9. The Labute approximate surface area is 142 Å². The molecule has 2 aromatic rings. The Morgan fingerprint density at radius 3 is 2.83 bits per heavy atom. The molecule has 3 atom stereocenters. The number of fused-ring (bicyclic) bond motifs is 1. The number of benzene rings is 1. The van der Waals surface area contributed by atoms with Crippen LogP contribution in [0.5, 0.6) is 0 Å². The van der Waals surface area contributed by atoms with Crippen molar-refractivity contribution in [2.75, 3.05) is 13.7 Å². The molecule has 2 heterocycles. The fourth-order valence-corrected chi connectivity index (χ4v) is 4.57. The standard InChI is InChI=1S/C19H23N3O2/c1-19(2)16(15-9-10-24-17(15)19)21(3)18(23)13-11-20-22(12-13)14-7-5-4-6-8-14/h4-8,11-12,15-17H,9-10H2,1-3H3. The molecule has 1 aliphatic heterocycles. The maximum atomic E-state index is 12.9. The van der Waals surface area contributed by atoms with Gasteiger partial charge in [0.2, 0.25) is 0 Å². The lowest BCUT2D eigenvalue weighted by molar-refractivity contribution is -0.139. The first-order chi connectivity index (χ1) is 11.5. The van der Waals surface area contributed by atoms with E-state index in [2.05, 4.69) is 18.9 Å². The largest absolute Gasteiger partial charge is 0.377 e. The normalized spacial score (nSPS) is 27.4. The van der Waals surface area contributed by atoms with E-state index < -0.39 is 0 Å². The Bertz CT molecular complexity index is 753. The molecule has 1 saturated carbocycles. The molecule has 1 aromatic carbocycles. The molecule has 0 spiro atoms. The molecule has 1 aliphatic carbocycles. The molecule has 0 N–H and O–H groups in total. The number of hydrogen-bond acceptors (Lipinski definition) is 3. The summed E-state index contributed by atoms with van der Waals surface area (Å²) in [4.78, 5) is 14.8. The fraction of sp³-hybridized carbons (Fsp3) is 0.474. The zero-order valence-electron chi connectivity index (χ0n) is 14.3. The van der Waals surface area contributed by atoms with E-state index >= 15 is 0 Å².